The summed E-state index contributed by atoms with van der Waals surface area (Å²) in [5.41, 5.74) is 5.59. The molecule has 0 bridgehead atoms. The van der Waals surface area contributed by atoms with Crippen LogP contribution in [0.2, 0.25) is 5.02 Å². The zero-order chi connectivity index (χ0) is 15.2. The van der Waals surface area contributed by atoms with Gasteiger partial charge in [-0.1, -0.05) is 11.6 Å². The Morgan fingerprint density at radius 3 is 2.48 bits per heavy atom. The van der Waals surface area contributed by atoms with Gasteiger partial charge >= 0.3 is 0 Å². The van der Waals surface area contributed by atoms with Gasteiger partial charge in [0.15, 0.2) is 0 Å². The highest BCUT2D eigenvalue weighted by atomic mass is 35.5. The molecule has 116 valence electrons. The van der Waals surface area contributed by atoms with Gasteiger partial charge in [-0.3, -0.25) is 0 Å². The van der Waals surface area contributed by atoms with Crippen molar-refractivity contribution < 1.29 is 12.8 Å². The SMILES string of the molecule is NCc1cc(Cl)cc(S(=O)(=O)N(CC2CC2)C2CC2)c1F. The van der Waals surface area contributed by atoms with Crippen LogP contribution in [0.5, 0.6) is 0 Å². The predicted molar refractivity (Wildman–Crippen MR) is 78.9 cm³/mol. The molecule has 3 rings (SSSR count). The molecule has 0 aliphatic heterocycles. The zero-order valence-corrected chi connectivity index (χ0v) is 13.1. The van der Waals surface area contributed by atoms with E-state index in [9.17, 15) is 12.8 Å². The number of rotatable bonds is 6. The van der Waals surface area contributed by atoms with E-state index in [1.807, 2.05) is 0 Å². The van der Waals surface area contributed by atoms with Gasteiger partial charge < -0.3 is 5.73 Å². The lowest BCUT2D eigenvalue weighted by molar-refractivity contribution is 0.385. The maximum atomic E-state index is 14.4. The van der Waals surface area contributed by atoms with E-state index in [1.165, 1.54) is 16.4 Å². The summed E-state index contributed by atoms with van der Waals surface area (Å²) >= 11 is 5.92. The van der Waals surface area contributed by atoms with Crippen LogP contribution in [-0.2, 0) is 16.6 Å². The van der Waals surface area contributed by atoms with E-state index < -0.39 is 15.8 Å². The smallest absolute Gasteiger partial charge is 0.246 e. The maximum absolute atomic E-state index is 14.4. The Kier molecular flexibility index (Phi) is 3.98. The van der Waals surface area contributed by atoms with Gasteiger partial charge in [0, 0.05) is 29.7 Å². The van der Waals surface area contributed by atoms with Crippen LogP contribution in [-0.4, -0.2) is 25.3 Å². The molecule has 2 N–H and O–H groups in total. The van der Waals surface area contributed by atoms with Gasteiger partial charge in [0.25, 0.3) is 0 Å². The molecule has 0 saturated heterocycles. The highest BCUT2D eigenvalue weighted by Gasteiger charge is 2.42. The van der Waals surface area contributed by atoms with Gasteiger partial charge in [-0.2, -0.15) is 4.31 Å². The van der Waals surface area contributed by atoms with Crippen LogP contribution in [0.1, 0.15) is 31.2 Å². The predicted octanol–water partition coefficient (Wildman–Crippen LogP) is 2.50. The molecule has 21 heavy (non-hydrogen) atoms. The van der Waals surface area contributed by atoms with E-state index in [2.05, 4.69) is 0 Å². The van der Waals surface area contributed by atoms with Crippen LogP contribution >= 0.6 is 11.6 Å². The lowest BCUT2D eigenvalue weighted by Crippen LogP contribution is -2.35. The quantitative estimate of drug-likeness (QED) is 0.870. The number of nitrogens with two attached hydrogens (primary N) is 1. The van der Waals surface area contributed by atoms with Gasteiger partial charge in [-0.05, 0) is 43.7 Å². The van der Waals surface area contributed by atoms with Crippen molar-refractivity contribution in [3.8, 4) is 0 Å². The molecule has 2 saturated carbocycles. The molecule has 0 radical (unpaired) electrons. The second-order valence-electron chi connectivity index (χ2n) is 5.83. The molecule has 2 aliphatic rings. The first-order chi connectivity index (χ1) is 9.93. The second-order valence-corrected chi connectivity index (χ2v) is 8.13. The second kappa shape index (κ2) is 5.50. The van der Waals surface area contributed by atoms with E-state index in [1.54, 1.807) is 0 Å². The Morgan fingerprint density at radius 2 is 1.95 bits per heavy atom. The fraction of sp³-hybridized carbons (Fsp3) is 0.571. The standard InChI is InChI=1S/C14H18ClFN2O2S/c15-11-5-10(7-17)14(16)13(6-11)21(19,20)18(12-3-4-12)8-9-1-2-9/h5-6,9,12H,1-4,7-8,17H2. The minimum atomic E-state index is -3.86. The van der Waals surface area contributed by atoms with E-state index in [0.29, 0.717) is 12.5 Å². The Hall–Kier alpha value is -0.690. The molecule has 0 heterocycles. The van der Waals surface area contributed by atoms with Crippen LogP contribution in [0.25, 0.3) is 0 Å². The molecule has 4 nitrogen and oxygen atoms in total. The van der Waals surface area contributed by atoms with Crippen molar-refractivity contribution in [1.29, 1.82) is 0 Å². The highest BCUT2D eigenvalue weighted by Crippen LogP contribution is 2.39. The molecule has 2 aliphatic carbocycles. The van der Waals surface area contributed by atoms with Gasteiger partial charge in [0.2, 0.25) is 10.0 Å². The normalized spacial score (nSPS) is 19.2. The van der Waals surface area contributed by atoms with Crippen molar-refractivity contribution in [3.63, 3.8) is 0 Å². The van der Waals surface area contributed by atoms with Crippen molar-refractivity contribution in [2.75, 3.05) is 6.54 Å². The van der Waals surface area contributed by atoms with E-state index in [0.717, 1.165) is 25.7 Å². The largest absolute Gasteiger partial charge is 0.326 e. The van der Waals surface area contributed by atoms with Crippen molar-refractivity contribution >= 4 is 21.6 Å². The minimum Gasteiger partial charge on any atom is -0.326 e. The molecule has 0 unspecified atom stereocenters. The van der Waals surface area contributed by atoms with E-state index in [4.69, 9.17) is 17.3 Å². The van der Waals surface area contributed by atoms with Crippen molar-refractivity contribution in [2.24, 2.45) is 11.7 Å². The molecule has 0 atom stereocenters. The monoisotopic (exact) mass is 332 g/mol. The topological polar surface area (TPSA) is 63.4 Å². The summed E-state index contributed by atoms with van der Waals surface area (Å²) in [4.78, 5) is -0.344. The van der Waals surface area contributed by atoms with Gasteiger partial charge in [-0.15, -0.1) is 0 Å². The number of hydrogen-bond acceptors (Lipinski definition) is 3. The Labute approximate surface area is 129 Å². The third-order valence-corrected chi connectivity index (χ3v) is 6.11. The highest BCUT2D eigenvalue weighted by molar-refractivity contribution is 7.89. The van der Waals surface area contributed by atoms with Crippen molar-refractivity contribution in [2.45, 2.75) is 43.2 Å². The van der Waals surface area contributed by atoms with Gasteiger partial charge in [0.05, 0.1) is 0 Å². The molecular weight excluding hydrogens is 315 g/mol. The average molecular weight is 333 g/mol. The van der Waals surface area contributed by atoms with Crippen LogP contribution in [0.4, 0.5) is 4.39 Å². The summed E-state index contributed by atoms with van der Waals surface area (Å²) in [6.45, 7) is 0.401. The van der Waals surface area contributed by atoms with Gasteiger partial charge in [0.1, 0.15) is 10.7 Å². The molecule has 0 spiro atoms. The summed E-state index contributed by atoms with van der Waals surface area (Å²) in [5.74, 6) is -0.361. The third kappa shape index (κ3) is 3.08. The number of halogens is 2. The Morgan fingerprint density at radius 1 is 1.29 bits per heavy atom. The number of sulfonamides is 1. The number of hydrogen-bond donors (Lipinski definition) is 1. The van der Waals surface area contributed by atoms with E-state index >= 15 is 0 Å². The first-order valence-corrected chi connectivity index (χ1v) is 8.95. The molecule has 1 aromatic carbocycles. The first kappa shape index (κ1) is 15.2. The molecule has 0 aromatic heterocycles. The summed E-state index contributed by atoms with van der Waals surface area (Å²) < 4.78 is 41.5. The maximum Gasteiger partial charge on any atom is 0.246 e. The number of benzene rings is 1. The molecular formula is C14H18ClFN2O2S. The van der Waals surface area contributed by atoms with E-state index in [-0.39, 0.29) is 28.1 Å². The fourth-order valence-corrected chi connectivity index (χ4v) is 4.64. The first-order valence-electron chi connectivity index (χ1n) is 7.13. The van der Waals surface area contributed by atoms with Crippen LogP contribution in [0, 0.1) is 11.7 Å². The summed E-state index contributed by atoms with van der Waals surface area (Å²) in [5, 5.41) is 0.192. The molecule has 1 aromatic rings. The zero-order valence-electron chi connectivity index (χ0n) is 11.6. The Balaban J connectivity index is 2.01. The summed E-state index contributed by atoms with van der Waals surface area (Å²) in [7, 11) is -3.86. The van der Waals surface area contributed by atoms with Gasteiger partial charge in [-0.25, -0.2) is 12.8 Å². The van der Waals surface area contributed by atoms with Crippen molar-refractivity contribution in [1.82, 2.24) is 4.31 Å². The lowest BCUT2D eigenvalue weighted by atomic mass is 10.2. The molecule has 2 fully saturated rings. The lowest BCUT2D eigenvalue weighted by Gasteiger charge is -2.22. The van der Waals surface area contributed by atoms with Crippen LogP contribution in [0.15, 0.2) is 17.0 Å². The van der Waals surface area contributed by atoms with Crippen molar-refractivity contribution in [3.05, 3.63) is 28.5 Å². The minimum absolute atomic E-state index is 0.00954. The van der Waals surface area contributed by atoms with Crippen LogP contribution in [0.3, 0.4) is 0 Å². The van der Waals surface area contributed by atoms with Crippen LogP contribution < -0.4 is 5.73 Å². The fourth-order valence-electron chi connectivity index (χ4n) is 2.44. The third-order valence-electron chi connectivity index (χ3n) is 3.98. The summed E-state index contributed by atoms with van der Waals surface area (Å²) in [6, 6.07) is 2.57. The average Bonchev–Trinajstić information content (AvgIpc) is 3.30. The number of nitrogens with zero attached hydrogens (tertiary/aromatic N) is 1. The Bertz CT molecular complexity index is 657. The summed E-state index contributed by atoms with van der Waals surface area (Å²) in [6.07, 6.45) is 3.78. The molecule has 0 amide bonds. The molecule has 7 heteroatoms.